The molecule has 4 rings (SSSR count). The van der Waals surface area contributed by atoms with Crippen LogP contribution in [0, 0.1) is 0 Å². The van der Waals surface area contributed by atoms with Crippen molar-refractivity contribution in [3.05, 3.63) is 0 Å². The van der Waals surface area contributed by atoms with E-state index in [0.717, 1.165) is 0 Å². The fourth-order valence-electron chi connectivity index (χ4n) is 6.20. The number of aliphatic hydroxyl groups excluding tert-OH is 10. The molecule has 286 valence electrons. The van der Waals surface area contributed by atoms with Crippen LogP contribution >= 0.6 is 0 Å². The summed E-state index contributed by atoms with van der Waals surface area (Å²) < 4.78 is 45.1. The average molecular weight is 718 g/mol. The van der Waals surface area contributed by atoms with E-state index in [0.29, 0.717) is 0 Å². The van der Waals surface area contributed by atoms with Gasteiger partial charge in [-0.05, 0) is 27.7 Å². The van der Waals surface area contributed by atoms with E-state index < -0.39 is 148 Å². The van der Waals surface area contributed by atoms with Crippen molar-refractivity contribution < 1.29 is 93.8 Å². The highest BCUT2D eigenvalue weighted by Gasteiger charge is 2.54. The summed E-state index contributed by atoms with van der Waals surface area (Å²) in [7, 11) is 0. The summed E-state index contributed by atoms with van der Waals surface area (Å²) in [5.41, 5.74) is 0. The molecule has 0 radical (unpaired) electrons. The molecule has 0 aromatic carbocycles. The molecule has 20 nitrogen and oxygen atoms in total. The van der Waals surface area contributed by atoms with Gasteiger partial charge in [0, 0.05) is 6.92 Å². The summed E-state index contributed by atoms with van der Waals surface area (Å²) in [6.45, 7) is 5.81. The van der Waals surface area contributed by atoms with Gasteiger partial charge >= 0.3 is 0 Å². The fourth-order valence-corrected chi connectivity index (χ4v) is 6.20. The Balaban J connectivity index is 1.43. The summed E-state index contributed by atoms with van der Waals surface area (Å²) in [6.07, 6.45) is -28.8. The molecule has 4 aliphatic heterocycles. The molecule has 0 aromatic rings. The maximum atomic E-state index is 11.6. The Labute approximate surface area is 281 Å². The third kappa shape index (κ3) is 8.87. The number of ether oxygens (including phenoxy) is 8. The van der Waals surface area contributed by atoms with Crippen LogP contribution in [0.1, 0.15) is 34.6 Å². The molecule has 11 N–H and O–H groups in total. The molecule has 20 atom stereocenters. The maximum absolute atomic E-state index is 11.6. The molecule has 20 heteroatoms. The molecule has 4 fully saturated rings. The second-order valence-electron chi connectivity index (χ2n) is 12.9. The van der Waals surface area contributed by atoms with Crippen molar-refractivity contribution in [2.24, 2.45) is 0 Å². The lowest BCUT2D eigenvalue weighted by Gasteiger charge is -2.49. The van der Waals surface area contributed by atoms with Crippen LogP contribution in [0.2, 0.25) is 0 Å². The number of nitrogens with one attached hydrogen (secondary N) is 1. The predicted octanol–water partition coefficient (Wildman–Crippen LogP) is -6.12. The number of hydrogen-bond acceptors (Lipinski definition) is 19. The van der Waals surface area contributed by atoms with Gasteiger partial charge in [-0.1, -0.05) is 0 Å². The van der Waals surface area contributed by atoms with E-state index in [9.17, 15) is 55.9 Å². The van der Waals surface area contributed by atoms with Crippen LogP contribution in [0.3, 0.4) is 0 Å². The van der Waals surface area contributed by atoms with Crippen molar-refractivity contribution in [1.29, 1.82) is 0 Å². The Morgan fingerprint density at radius 2 is 0.959 bits per heavy atom. The third-order valence-corrected chi connectivity index (χ3v) is 9.16. The topological polar surface area (TPSA) is 305 Å². The van der Waals surface area contributed by atoms with Crippen molar-refractivity contribution in [3.8, 4) is 0 Å². The zero-order chi connectivity index (χ0) is 36.5. The molecule has 0 spiro atoms. The first-order chi connectivity index (χ1) is 23.0. The fraction of sp³-hybridized carbons (Fsp3) is 0.966. The Kier molecular flexibility index (Phi) is 14.1. The predicted molar refractivity (Wildman–Crippen MR) is 157 cm³/mol. The standard InChI is InChI=1S/C29H51NO19/c1-8-15(34)14(30-12(5)33)18(37)26(42-8)47-23-11(4)45-27(20(39)19(23)38)48-25-17(36)10(3)44-29(22(25)41)49-24-16(35)9(2)43-28(21(24)40)46-13(6-31)7-32/h8-11,13-29,31-32,34-41H,6-7H2,1-5H3,(H,30,33)/t8-,9+,10+,11+,14+,15+,16+,17+,18-,19+,20-,21-,22-,23+,24-,25-,26-,27+,28+,29+/m1/s1. The van der Waals surface area contributed by atoms with E-state index in [1.165, 1.54) is 34.6 Å². The Morgan fingerprint density at radius 1 is 0.551 bits per heavy atom. The average Bonchev–Trinajstić information content (AvgIpc) is 3.05. The second-order valence-corrected chi connectivity index (χ2v) is 12.9. The normalized spacial score (nSPS) is 49.6. The van der Waals surface area contributed by atoms with Gasteiger partial charge in [0.05, 0.1) is 43.7 Å². The summed E-state index contributed by atoms with van der Waals surface area (Å²) >= 11 is 0. The molecule has 0 saturated carbocycles. The van der Waals surface area contributed by atoms with Gasteiger partial charge in [-0.15, -0.1) is 0 Å². The molecular weight excluding hydrogens is 666 g/mol. The zero-order valence-electron chi connectivity index (χ0n) is 27.7. The Bertz CT molecular complexity index is 1060. The number of aliphatic hydroxyl groups is 10. The van der Waals surface area contributed by atoms with Gasteiger partial charge in [0.15, 0.2) is 25.2 Å². The molecular formula is C29H51NO19. The molecule has 49 heavy (non-hydrogen) atoms. The summed E-state index contributed by atoms with van der Waals surface area (Å²) in [4.78, 5) is 11.6. The van der Waals surface area contributed by atoms with Gasteiger partial charge in [0.25, 0.3) is 0 Å². The molecule has 1 amide bonds. The highest BCUT2D eigenvalue weighted by Crippen LogP contribution is 2.34. The minimum absolute atomic E-state index is 0.526. The highest BCUT2D eigenvalue weighted by atomic mass is 16.8. The number of carbonyl (C=O) groups is 1. The van der Waals surface area contributed by atoms with Crippen LogP contribution in [0.25, 0.3) is 0 Å². The van der Waals surface area contributed by atoms with Crippen molar-refractivity contribution in [2.45, 2.75) is 163 Å². The SMILES string of the molecule is CC(=O)N[C@H]1[C@@H](O)[C@@H](C)O[C@H](O[C@@H]2[C@@H](O)[C@@H](O)[C@H](O[C@@H]3[C@@H](O)[C@H](C)O[C@@H](O[C@@H]4[C@@H](O)[C@H](C)O[C@@H](OC(CO)CO)[C@@H]4O)[C@@H]3O)O[C@H]2C)[C@@H]1O. The molecule has 0 unspecified atom stereocenters. The lowest BCUT2D eigenvalue weighted by atomic mass is 9.95. The number of amides is 1. The number of hydrogen-bond donors (Lipinski definition) is 11. The first-order valence-corrected chi connectivity index (χ1v) is 16.2. The first-order valence-electron chi connectivity index (χ1n) is 16.2. The van der Waals surface area contributed by atoms with Gasteiger partial charge in [0.2, 0.25) is 5.91 Å². The van der Waals surface area contributed by atoms with E-state index in [2.05, 4.69) is 5.32 Å². The first kappa shape index (κ1) is 40.5. The van der Waals surface area contributed by atoms with E-state index >= 15 is 0 Å². The summed E-state index contributed by atoms with van der Waals surface area (Å²) in [5, 5.41) is 108. The Morgan fingerprint density at radius 3 is 1.47 bits per heavy atom. The monoisotopic (exact) mass is 717 g/mol. The minimum Gasteiger partial charge on any atom is -0.394 e. The second kappa shape index (κ2) is 17.1. The number of rotatable bonds is 11. The van der Waals surface area contributed by atoms with Gasteiger partial charge < -0.3 is 94.3 Å². The summed E-state index contributed by atoms with van der Waals surface area (Å²) in [6, 6.07) is -1.17. The third-order valence-electron chi connectivity index (χ3n) is 9.16. The molecule has 4 heterocycles. The van der Waals surface area contributed by atoms with Gasteiger partial charge in [-0.3, -0.25) is 4.79 Å². The van der Waals surface area contributed by atoms with Crippen molar-refractivity contribution in [3.63, 3.8) is 0 Å². The number of carbonyl (C=O) groups excluding carboxylic acids is 1. The van der Waals surface area contributed by atoms with Crippen LogP contribution < -0.4 is 5.32 Å². The zero-order valence-corrected chi connectivity index (χ0v) is 27.7. The van der Waals surface area contributed by atoms with Crippen LogP contribution in [0.4, 0.5) is 0 Å². The molecule has 0 aromatic heterocycles. The van der Waals surface area contributed by atoms with Gasteiger partial charge in [-0.25, -0.2) is 0 Å². The van der Waals surface area contributed by atoms with Crippen LogP contribution in [-0.4, -0.2) is 199 Å². The van der Waals surface area contributed by atoms with Gasteiger partial charge in [-0.2, -0.15) is 0 Å². The maximum Gasteiger partial charge on any atom is 0.217 e. The van der Waals surface area contributed by atoms with Gasteiger partial charge in [0.1, 0.15) is 73.2 Å². The van der Waals surface area contributed by atoms with E-state index in [-0.39, 0.29) is 0 Å². The Hall–Kier alpha value is -1.25. The molecule has 4 aliphatic rings. The highest BCUT2D eigenvalue weighted by molar-refractivity contribution is 5.73. The summed E-state index contributed by atoms with van der Waals surface area (Å²) in [5.74, 6) is -0.526. The van der Waals surface area contributed by atoms with Crippen molar-refractivity contribution >= 4 is 5.91 Å². The van der Waals surface area contributed by atoms with Crippen LogP contribution in [0.5, 0.6) is 0 Å². The van der Waals surface area contributed by atoms with Crippen molar-refractivity contribution in [1.82, 2.24) is 5.32 Å². The quantitative estimate of drug-likeness (QED) is 0.0947. The van der Waals surface area contributed by atoms with E-state index in [4.69, 9.17) is 37.9 Å². The lowest BCUT2D eigenvalue weighted by molar-refractivity contribution is -0.384. The van der Waals surface area contributed by atoms with Crippen LogP contribution in [-0.2, 0) is 42.7 Å². The van der Waals surface area contributed by atoms with E-state index in [1.807, 2.05) is 0 Å². The van der Waals surface area contributed by atoms with E-state index in [1.54, 1.807) is 0 Å². The smallest absolute Gasteiger partial charge is 0.217 e. The molecule has 0 aliphatic carbocycles. The largest absolute Gasteiger partial charge is 0.394 e. The van der Waals surface area contributed by atoms with Crippen LogP contribution in [0.15, 0.2) is 0 Å². The molecule has 4 saturated heterocycles. The lowest BCUT2D eigenvalue weighted by Crippen LogP contribution is -2.67. The molecule has 0 bridgehead atoms. The van der Waals surface area contributed by atoms with Crippen molar-refractivity contribution in [2.75, 3.05) is 13.2 Å². The minimum atomic E-state index is -1.85.